The maximum Gasteiger partial charge on any atom is 0.418 e. The number of carbonyl (C=O) groups excluding carboxylic acids is 1. The van der Waals surface area contributed by atoms with Crippen molar-refractivity contribution in [3.05, 3.63) is 29.6 Å². The third-order valence-corrected chi connectivity index (χ3v) is 2.09. The Hall–Kier alpha value is -1.59. The van der Waals surface area contributed by atoms with E-state index in [1.807, 2.05) is 5.32 Å². The van der Waals surface area contributed by atoms with Crippen molar-refractivity contribution < 1.29 is 22.4 Å². The molecular weight excluding hydrogens is 238 g/mol. The highest BCUT2D eigenvalue weighted by Crippen LogP contribution is 2.36. The van der Waals surface area contributed by atoms with E-state index in [1.54, 1.807) is 0 Å². The molecular formula is C11H11F4NO. The van der Waals surface area contributed by atoms with Crippen molar-refractivity contribution in [1.82, 2.24) is 0 Å². The molecule has 0 heterocycles. The number of halogens is 4. The van der Waals surface area contributed by atoms with Gasteiger partial charge in [0.05, 0.1) is 11.3 Å². The van der Waals surface area contributed by atoms with Crippen molar-refractivity contribution in [2.24, 2.45) is 5.92 Å². The molecule has 1 aromatic carbocycles. The molecule has 0 aliphatic heterocycles. The topological polar surface area (TPSA) is 29.1 Å². The Morgan fingerprint density at radius 3 is 2.35 bits per heavy atom. The highest BCUT2D eigenvalue weighted by atomic mass is 19.4. The van der Waals surface area contributed by atoms with Gasteiger partial charge in [-0.3, -0.25) is 4.79 Å². The molecule has 2 nitrogen and oxygen atoms in total. The molecule has 0 saturated carbocycles. The van der Waals surface area contributed by atoms with Crippen molar-refractivity contribution >= 4 is 11.6 Å². The van der Waals surface area contributed by atoms with Crippen LogP contribution in [0.2, 0.25) is 0 Å². The minimum atomic E-state index is -4.71. The van der Waals surface area contributed by atoms with E-state index in [0.717, 1.165) is 18.2 Å². The van der Waals surface area contributed by atoms with E-state index in [1.165, 1.54) is 13.8 Å². The first-order valence-corrected chi connectivity index (χ1v) is 4.90. The van der Waals surface area contributed by atoms with E-state index in [0.29, 0.717) is 0 Å². The van der Waals surface area contributed by atoms with Gasteiger partial charge in [-0.1, -0.05) is 19.9 Å². The number of alkyl halides is 3. The number of benzene rings is 1. The van der Waals surface area contributed by atoms with Gasteiger partial charge < -0.3 is 5.32 Å². The first-order valence-electron chi connectivity index (χ1n) is 4.90. The van der Waals surface area contributed by atoms with Gasteiger partial charge >= 0.3 is 6.18 Å². The first kappa shape index (κ1) is 13.5. The van der Waals surface area contributed by atoms with Gasteiger partial charge in [0, 0.05) is 5.92 Å². The maximum absolute atomic E-state index is 13.3. The van der Waals surface area contributed by atoms with Crippen molar-refractivity contribution in [3.8, 4) is 0 Å². The van der Waals surface area contributed by atoms with Crippen LogP contribution in [-0.4, -0.2) is 5.91 Å². The number of anilines is 1. The molecule has 0 aliphatic carbocycles. The minimum absolute atomic E-state index is 0.532. The number of nitrogens with one attached hydrogen (secondary N) is 1. The summed E-state index contributed by atoms with van der Waals surface area (Å²) in [6.07, 6.45) is -4.71. The lowest BCUT2D eigenvalue weighted by atomic mass is 10.1. The number of hydrogen-bond acceptors (Lipinski definition) is 1. The van der Waals surface area contributed by atoms with Crippen molar-refractivity contribution in [2.75, 3.05) is 5.32 Å². The van der Waals surface area contributed by atoms with Crippen molar-refractivity contribution in [1.29, 1.82) is 0 Å². The van der Waals surface area contributed by atoms with Gasteiger partial charge in [-0.05, 0) is 12.1 Å². The van der Waals surface area contributed by atoms with Crippen molar-refractivity contribution in [3.63, 3.8) is 0 Å². The Kier molecular flexibility index (Phi) is 3.75. The summed E-state index contributed by atoms with van der Waals surface area (Å²) < 4.78 is 51.0. The standard InChI is InChI=1S/C11H11F4NO/c1-6(2)10(17)16-9-7(11(13,14)15)4-3-5-8(9)12/h3-6H,1-2H3,(H,16,17). The van der Waals surface area contributed by atoms with Crippen LogP contribution in [0.15, 0.2) is 18.2 Å². The molecule has 1 aromatic rings. The molecule has 0 aromatic heterocycles. The van der Waals surface area contributed by atoms with Crippen LogP contribution in [0.1, 0.15) is 19.4 Å². The Labute approximate surface area is 95.6 Å². The van der Waals surface area contributed by atoms with Crippen LogP contribution in [0.4, 0.5) is 23.2 Å². The first-order chi connectivity index (χ1) is 7.73. The average molecular weight is 249 g/mol. The lowest BCUT2D eigenvalue weighted by molar-refractivity contribution is -0.137. The van der Waals surface area contributed by atoms with Gasteiger partial charge in [0.15, 0.2) is 0 Å². The van der Waals surface area contributed by atoms with Crippen LogP contribution < -0.4 is 5.32 Å². The lowest BCUT2D eigenvalue weighted by Gasteiger charge is -2.15. The summed E-state index contributed by atoms with van der Waals surface area (Å²) in [5.74, 6) is -2.30. The van der Waals surface area contributed by atoms with E-state index >= 15 is 0 Å². The second kappa shape index (κ2) is 4.73. The summed E-state index contributed by atoms with van der Waals surface area (Å²) in [6, 6.07) is 2.54. The number of rotatable bonds is 2. The maximum atomic E-state index is 13.3. The Bertz CT molecular complexity index is 426. The SMILES string of the molecule is CC(C)C(=O)Nc1c(F)cccc1C(F)(F)F. The van der Waals surface area contributed by atoms with Gasteiger partial charge in [-0.25, -0.2) is 4.39 Å². The summed E-state index contributed by atoms with van der Waals surface area (Å²) in [5.41, 5.74) is -2.01. The molecule has 0 unspecified atom stereocenters. The Morgan fingerprint density at radius 2 is 1.88 bits per heavy atom. The molecule has 0 atom stereocenters. The van der Waals surface area contributed by atoms with Gasteiger partial charge in [0.2, 0.25) is 5.91 Å². The molecule has 1 rings (SSSR count). The fourth-order valence-electron chi connectivity index (χ4n) is 1.15. The quantitative estimate of drug-likeness (QED) is 0.799. The van der Waals surface area contributed by atoms with E-state index < -0.39 is 35.1 Å². The number of hydrogen-bond donors (Lipinski definition) is 1. The second-order valence-electron chi connectivity index (χ2n) is 3.80. The molecule has 94 valence electrons. The van der Waals surface area contributed by atoms with Crippen LogP contribution in [-0.2, 0) is 11.0 Å². The molecule has 0 aliphatic rings. The third-order valence-electron chi connectivity index (χ3n) is 2.09. The van der Waals surface area contributed by atoms with E-state index in [2.05, 4.69) is 0 Å². The lowest BCUT2D eigenvalue weighted by Crippen LogP contribution is -2.21. The molecule has 17 heavy (non-hydrogen) atoms. The molecule has 0 radical (unpaired) electrons. The summed E-state index contributed by atoms with van der Waals surface area (Å²) in [4.78, 5) is 11.3. The molecule has 0 spiro atoms. The number of carbonyl (C=O) groups is 1. The van der Waals surface area contributed by atoms with Crippen molar-refractivity contribution in [2.45, 2.75) is 20.0 Å². The summed E-state index contributed by atoms with van der Waals surface area (Å²) in [5, 5.41) is 1.95. The minimum Gasteiger partial charge on any atom is -0.323 e. The zero-order valence-electron chi connectivity index (χ0n) is 9.23. The largest absolute Gasteiger partial charge is 0.418 e. The van der Waals surface area contributed by atoms with Crippen LogP contribution in [0.5, 0.6) is 0 Å². The van der Waals surface area contributed by atoms with Crippen LogP contribution >= 0.6 is 0 Å². The average Bonchev–Trinajstić information content (AvgIpc) is 2.18. The van der Waals surface area contributed by atoms with Crippen LogP contribution in [0, 0.1) is 11.7 Å². The summed E-state index contributed by atoms with van der Waals surface area (Å²) in [6.45, 7) is 3.01. The number of para-hydroxylation sites is 1. The van der Waals surface area contributed by atoms with Crippen LogP contribution in [0.25, 0.3) is 0 Å². The summed E-state index contributed by atoms with van der Waals surface area (Å²) >= 11 is 0. The third kappa shape index (κ3) is 3.18. The highest BCUT2D eigenvalue weighted by Gasteiger charge is 2.35. The normalized spacial score (nSPS) is 11.7. The predicted octanol–water partition coefficient (Wildman–Crippen LogP) is 3.44. The molecule has 6 heteroatoms. The van der Waals surface area contributed by atoms with E-state index in [-0.39, 0.29) is 0 Å². The number of amides is 1. The zero-order valence-corrected chi connectivity index (χ0v) is 9.23. The summed E-state index contributed by atoms with van der Waals surface area (Å²) in [7, 11) is 0. The highest BCUT2D eigenvalue weighted by molar-refractivity contribution is 5.93. The van der Waals surface area contributed by atoms with E-state index in [4.69, 9.17) is 0 Å². The van der Waals surface area contributed by atoms with Gasteiger partial charge in [0.1, 0.15) is 5.82 Å². The van der Waals surface area contributed by atoms with E-state index in [9.17, 15) is 22.4 Å². The van der Waals surface area contributed by atoms with Gasteiger partial charge in [-0.2, -0.15) is 13.2 Å². The second-order valence-corrected chi connectivity index (χ2v) is 3.80. The molecule has 0 fully saturated rings. The molecule has 1 amide bonds. The molecule has 0 bridgehead atoms. The van der Waals surface area contributed by atoms with Gasteiger partial charge in [0.25, 0.3) is 0 Å². The smallest absolute Gasteiger partial charge is 0.323 e. The monoisotopic (exact) mass is 249 g/mol. The zero-order chi connectivity index (χ0) is 13.2. The fourth-order valence-corrected chi connectivity index (χ4v) is 1.15. The predicted molar refractivity (Wildman–Crippen MR) is 54.9 cm³/mol. The van der Waals surface area contributed by atoms with Gasteiger partial charge in [-0.15, -0.1) is 0 Å². The molecule has 1 N–H and O–H groups in total. The van der Waals surface area contributed by atoms with Crippen LogP contribution in [0.3, 0.4) is 0 Å². The molecule has 0 saturated heterocycles. The Morgan fingerprint density at radius 1 is 1.29 bits per heavy atom. The Balaban J connectivity index is 3.18. The fraction of sp³-hybridized carbons (Fsp3) is 0.364.